The average molecular weight is 338 g/mol. The van der Waals surface area contributed by atoms with E-state index in [0.717, 1.165) is 0 Å². The van der Waals surface area contributed by atoms with E-state index in [0.29, 0.717) is 35.7 Å². The number of nitrogens with two attached hydrogens (primary N) is 1. The molecule has 1 aliphatic heterocycles. The molecule has 3 heterocycles. The molecule has 0 aromatic carbocycles. The predicted octanol–water partition coefficient (Wildman–Crippen LogP) is -0.213. The molecular weight excluding hydrogens is 320 g/mol. The summed E-state index contributed by atoms with van der Waals surface area (Å²) in [7, 11) is -0.461. The highest BCUT2D eigenvalue weighted by molar-refractivity contribution is 7.86. The van der Waals surface area contributed by atoms with E-state index in [1.165, 1.54) is 29.0 Å². The van der Waals surface area contributed by atoms with Gasteiger partial charge in [0.15, 0.2) is 5.65 Å². The molecule has 1 atom stereocenters. The van der Waals surface area contributed by atoms with Crippen LogP contribution in [-0.2, 0) is 14.9 Å². The topological polar surface area (TPSA) is 115 Å². The van der Waals surface area contributed by atoms with Crippen LogP contribution in [0.3, 0.4) is 0 Å². The molecule has 2 N–H and O–H groups in total. The van der Waals surface area contributed by atoms with Gasteiger partial charge in [-0.25, -0.2) is 15.0 Å². The molecule has 0 spiro atoms. The quantitative estimate of drug-likeness (QED) is 0.823. The molecule has 2 aromatic heterocycles. The predicted molar refractivity (Wildman–Crippen MR) is 84.6 cm³/mol. The summed E-state index contributed by atoms with van der Waals surface area (Å²) < 4.78 is 32.8. The van der Waals surface area contributed by atoms with E-state index in [-0.39, 0.29) is 6.54 Å². The van der Waals surface area contributed by atoms with Crippen LogP contribution in [0.15, 0.2) is 18.5 Å². The van der Waals surface area contributed by atoms with Gasteiger partial charge in [0.05, 0.1) is 17.7 Å². The molecule has 0 amide bonds. The number of fused-ring (bicyclic) bond motifs is 1. The summed E-state index contributed by atoms with van der Waals surface area (Å²) in [4.78, 5) is 12.4. The smallest absolute Gasteiger partial charge is 0.281 e. The number of nitrogen functional groups attached to an aromatic ring is 1. The van der Waals surface area contributed by atoms with Crippen LogP contribution >= 0.6 is 0 Å². The molecule has 0 aliphatic carbocycles. The summed E-state index contributed by atoms with van der Waals surface area (Å²) >= 11 is 0. The summed E-state index contributed by atoms with van der Waals surface area (Å²) in [5.74, 6) is 0.357. The molecule has 2 aromatic rings. The molecule has 0 unspecified atom stereocenters. The van der Waals surface area contributed by atoms with Gasteiger partial charge in [-0.2, -0.15) is 17.0 Å². The van der Waals surface area contributed by atoms with Crippen molar-refractivity contribution in [3.05, 3.63) is 24.2 Å². The van der Waals surface area contributed by atoms with Gasteiger partial charge in [0, 0.05) is 27.2 Å². The Morgan fingerprint density at radius 2 is 2.13 bits per heavy atom. The lowest BCUT2D eigenvalue weighted by molar-refractivity contribution is -0.00607. The largest absolute Gasteiger partial charge is 0.383 e. The number of hydrogen-bond acceptors (Lipinski definition) is 7. The first kappa shape index (κ1) is 16.0. The Kier molecular flexibility index (Phi) is 4.15. The molecule has 0 saturated carbocycles. The monoisotopic (exact) mass is 338 g/mol. The Balaban J connectivity index is 1.90. The molecule has 1 fully saturated rings. The van der Waals surface area contributed by atoms with Crippen molar-refractivity contribution in [1.29, 1.82) is 0 Å². The van der Waals surface area contributed by atoms with E-state index in [4.69, 9.17) is 10.5 Å². The second-order valence-electron chi connectivity index (χ2n) is 5.37. The van der Waals surface area contributed by atoms with E-state index in [9.17, 15) is 8.42 Å². The van der Waals surface area contributed by atoms with Crippen molar-refractivity contribution < 1.29 is 13.2 Å². The van der Waals surface area contributed by atoms with Crippen molar-refractivity contribution in [2.75, 3.05) is 39.5 Å². The van der Waals surface area contributed by atoms with Gasteiger partial charge >= 0.3 is 0 Å². The molecule has 1 saturated heterocycles. The van der Waals surface area contributed by atoms with Crippen molar-refractivity contribution in [2.24, 2.45) is 0 Å². The normalized spacial score (nSPS) is 20.2. The second kappa shape index (κ2) is 5.96. The fourth-order valence-corrected chi connectivity index (χ4v) is 3.49. The number of rotatable bonds is 3. The van der Waals surface area contributed by atoms with Crippen LogP contribution in [-0.4, -0.2) is 65.8 Å². The summed E-state index contributed by atoms with van der Waals surface area (Å²) in [5, 5.41) is 0.657. The van der Waals surface area contributed by atoms with Crippen molar-refractivity contribution in [2.45, 2.75) is 6.10 Å². The SMILES string of the molecule is CN(C)S(=O)(=O)N1CCO[C@@H](c2ccc3c(N)ncnc3n2)C1. The number of hydrogen-bond donors (Lipinski definition) is 1. The van der Waals surface area contributed by atoms with Gasteiger partial charge in [-0.3, -0.25) is 0 Å². The maximum absolute atomic E-state index is 12.3. The lowest BCUT2D eigenvalue weighted by Gasteiger charge is -2.33. The summed E-state index contributed by atoms with van der Waals surface area (Å²) in [5.41, 5.74) is 6.87. The fourth-order valence-electron chi connectivity index (χ4n) is 2.40. The molecule has 9 nitrogen and oxygen atoms in total. The van der Waals surface area contributed by atoms with Crippen LogP contribution in [0.4, 0.5) is 5.82 Å². The Hall–Kier alpha value is -1.88. The Bertz CT molecular complexity index is 826. The van der Waals surface area contributed by atoms with Gasteiger partial charge in [0.25, 0.3) is 10.2 Å². The number of ether oxygens (including phenoxy) is 1. The third-order valence-electron chi connectivity index (χ3n) is 3.70. The van der Waals surface area contributed by atoms with Crippen molar-refractivity contribution in [1.82, 2.24) is 23.6 Å². The van der Waals surface area contributed by atoms with E-state index in [2.05, 4.69) is 15.0 Å². The zero-order valence-electron chi connectivity index (χ0n) is 12.9. The first-order valence-corrected chi connectivity index (χ1v) is 8.45. The molecule has 1 aliphatic rings. The van der Waals surface area contributed by atoms with Crippen LogP contribution in [0.2, 0.25) is 0 Å². The third-order valence-corrected chi connectivity index (χ3v) is 5.60. The number of morpholine rings is 1. The first-order chi connectivity index (χ1) is 10.9. The third kappa shape index (κ3) is 2.98. The molecule has 0 radical (unpaired) electrons. The molecule has 23 heavy (non-hydrogen) atoms. The molecular formula is C13H18N6O3S. The molecule has 10 heteroatoms. The average Bonchev–Trinajstić information content (AvgIpc) is 2.55. The minimum absolute atomic E-state index is 0.208. The molecule has 3 rings (SSSR count). The first-order valence-electron chi connectivity index (χ1n) is 7.06. The van der Waals surface area contributed by atoms with E-state index < -0.39 is 16.3 Å². The minimum Gasteiger partial charge on any atom is -0.383 e. The number of nitrogens with zero attached hydrogens (tertiary/aromatic N) is 5. The van der Waals surface area contributed by atoms with Crippen LogP contribution in [0.1, 0.15) is 11.8 Å². The van der Waals surface area contributed by atoms with Gasteiger partial charge in [0.2, 0.25) is 0 Å². The summed E-state index contributed by atoms with van der Waals surface area (Å²) in [6, 6.07) is 3.54. The van der Waals surface area contributed by atoms with E-state index in [1.807, 2.05) is 0 Å². The standard InChI is InChI=1S/C13H18N6O3S/c1-18(2)23(20,21)19-5-6-22-11(7-19)10-4-3-9-12(14)15-8-16-13(9)17-10/h3-4,8,11H,5-7H2,1-2H3,(H2,14,15,16,17)/t11-/m1/s1. The summed E-state index contributed by atoms with van der Waals surface area (Å²) in [6.07, 6.45) is 0.901. The number of pyridine rings is 1. The second-order valence-corrected chi connectivity index (χ2v) is 7.52. The fraction of sp³-hybridized carbons (Fsp3) is 0.462. The number of anilines is 1. The Morgan fingerprint density at radius 3 is 2.87 bits per heavy atom. The Morgan fingerprint density at radius 1 is 1.35 bits per heavy atom. The van der Waals surface area contributed by atoms with E-state index >= 15 is 0 Å². The van der Waals surface area contributed by atoms with Gasteiger partial charge < -0.3 is 10.5 Å². The Labute approximate surface area is 134 Å². The van der Waals surface area contributed by atoms with Crippen molar-refractivity contribution >= 4 is 27.1 Å². The highest BCUT2D eigenvalue weighted by Crippen LogP contribution is 2.25. The van der Waals surface area contributed by atoms with Gasteiger partial charge in [-0.15, -0.1) is 0 Å². The van der Waals surface area contributed by atoms with Gasteiger partial charge in [0.1, 0.15) is 18.2 Å². The maximum Gasteiger partial charge on any atom is 0.281 e. The van der Waals surface area contributed by atoms with Gasteiger partial charge in [-0.1, -0.05) is 0 Å². The molecule has 0 bridgehead atoms. The van der Waals surface area contributed by atoms with Crippen LogP contribution in [0.5, 0.6) is 0 Å². The van der Waals surface area contributed by atoms with Crippen LogP contribution < -0.4 is 5.73 Å². The van der Waals surface area contributed by atoms with Crippen LogP contribution in [0, 0.1) is 0 Å². The van der Waals surface area contributed by atoms with Crippen molar-refractivity contribution in [3.63, 3.8) is 0 Å². The lowest BCUT2D eigenvalue weighted by Crippen LogP contribution is -2.47. The van der Waals surface area contributed by atoms with Gasteiger partial charge in [-0.05, 0) is 12.1 Å². The molecule has 124 valence electrons. The highest BCUT2D eigenvalue weighted by Gasteiger charge is 2.32. The van der Waals surface area contributed by atoms with Crippen LogP contribution in [0.25, 0.3) is 11.0 Å². The number of aromatic nitrogens is 3. The summed E-state index contributed by atoms with van der Waals surface area (Å²) in [6.45, 7) is 0.836. The van der Waals surface area contributed by atoms with E-state index in [1.54, 1.807) is 12.1 Å². The minimum atomic E-state index is -3.48. The lowest BCUT2D eigenvalue weighted by atomic mass is 10.2. The maximum atomic E-state index is 12.3. The zero-order valence-corrected chi connectivity index (χ0v) is 13.7. The highest BCUT2D eigenvalue weighted by atomic mass is 32.2. The van der Waals surface area contributed by atoms with Crippen molar-refractivity contribution in [3.8, 4) is 0 Å². The zero-order chi connectivity index (χ0) is 16.6.